The number of aromatic nitrogens is 2. The van der Waals surface area contributed by atoms with Gasteiger partial charge in [0.15, 0.2) is 0 Å². The number of anilines is 1. The normalized spacial score (nSPS) is 11.8. The van der Waals surface area contributed by atoms with Gasteiger partial charge in [-0.3, -0.25) is 0 Å². The zero-order valence-electron chi connectivity index (χ0n) is 12.5. The Morgan fingerprint density at radius 2 is 1.89 bits per heavy atom. The Hall–Kier alpha value is -0.893. The molecule has 0 radical (unpaired) electrons. The lowest BCUT2D eigenvalue weighted by molar-refractivity contribution is 0.123. The summed E-state index contributed by atoms with van der Waals surface area (Å²) in [5, 5.41) is 3.39. The van der Waals surface area contributed by atoms with Gasteiger partial charge in [0.05, 0.1) is 6.20 Å². The van der Waals surface area contributed by atoms with Gasteiger partial charge in [0.1, 0.15) is 11.6 Å². The summed E-state index contributed by atoms with van der Waals surface area (Å²) in [5.41, 5.74) is 0. The van der Waals surface area contributed by atoms with Crippen LogP contribution in [0.5, 0.6) is 0 Å². The van der Waals surface area contributed by atoms with Gasteiger partial charge in [-0.15, -0.1) is 0 Å². The molecule has 6 nitrogen and oxygen atoms in total. The number of hydrogen-bond acceptors (Lipinski definition) is 5. The third-order valence-corrected chi connectivity index (χ3v) is 6.10. The number of hydrogen-bond donors (Lipinski definition) is 1. The van der Waals surface area contributed by atoms with Crippen LogP contribution in [-0.4, -0.2) is 46.2 Å². The van der Waals surface area contributed by atoms with Crippen molar-refractivity contribution in [3.63, 3.8) is 0 Å². The lowest BCUT2D eigenvalue weighted by atomic mass is 10.4. The van der Waals surface area contributed by atoms with Gasteiger partial charge >= 0.3 is 8.80 Å². The smallest absolute Gasteiger partial charge is 0.377 e. The first-order chi connectivity index (χ1) is 9.12. The van der Waals surface area contributed by atoms with Crippen molar-refractivity contribution >= 4 is 14.6 Å². The van der Waals surface area contributed by atoms with E-state index in [1.165, 1.54) is 0 Å². The van der Waals surface area contributed by atoms with E-state index in [-0.39, 0.29) is 0 Å². The predicted octanol–water partition coefficient (Wildman–Crippen LogP) is 1.89. The fraction of sp³-hybridized carbons (Fsp3) is 0.750. The summed E-state index contributed by atoms with van der Waals surface area (Å²) in [6, 6.07) is 0.794. The molecule has 0 aromatic carbocycles. The van der Waals surface area contributed by atoms with Crippen molar-refractivity contribution < 1.29 is 13.3 Å². The van der Waals surface area contributed by atoms with Crippen molar-refractivity contribution in [3.8, 4) is 0 Å². The van der Waals surface area contributed by atoms with Crippen LogP contribution in [0.1, 0.15) is 19.2 Å². The highest BCUT2D eigenvalue weighted by Gasteiger charge is 2.36. The van der Waals surface area contributed by atoms with Gasteiger partial charge in [0, 0.05) is 40.5 Å². The second-order valence-electron chi connectivity index (χ2n) is 4.26. The number of rotatable bonds is 9. The highest BCUT2D eigenvalue weighted by atomic mass is 28.4. The first-order valence-electron chi connectivity index (χ1n) is 6.54. The van der Waals surface area contributed by atoms with Crippen LogP contribution >= 0.6 is 0 Å². The molecule has 110 valence electrons. The topological polar surface area (TPSA) is 57.5 Å². The van der Waals surface area contributed by atoms with Crippen molar-refractivity contribution in [2.45, 2.75) is 32.9 Å². The predicted molar refractivity (Wildman–Crippen MR) is 77.3 cm³/mol. The average Bonchev–Trinajstić information content (AvgIpc) is 2.80. The molecular formula is C12H25N3O3Si. The zero-order valence-corrected chi connectivity index (χ0v) is 13.5. The van der Waals surface area contributed by atoms with Gasteiger partial charge in [-0.2, -0.15) is 0 Å². The summed E-state index contributed by atoms with van der Waals surface area (Å²) in [6.45, 7) is 5.88. The van der Waals surface area contributed by atoms with Crippen LogP contribution in [0.25, 0.3) is 0 Å². The second kappa shape index (κ2) is 7.64. The second-order valence-corrected chi connectivity index (χ2v) is 7.35. The number of aryl methyl sites for hydroxylation is 1. The quantitative estimate of drug-likeness (QED) is 0.555. The summed E-state index contributed by atoms with van der Waals surface area (Å²) in [6.07, 6.45) is 2.79. The van der Waals surface area contributed by atoms with E-state index in [1.807, 2.05) is 13.1 Å². The molecule has 0 unspecified atom stereocenters. The Kier molecular flexibility index (Phi) is 6.50. The molecule has 0 saturated heterocycles. The maximum Gasteiger partial charge on any atom is 0.500 e. The molecule has 7 heteroatoms. The maximum atomic E-state index is 5.39. The van der Waals surface area contributed by atoms with Crippen LogP contribution in [-0.2, 0) is 19.8 Å². The maximum absolute atomic E-state index is 5.39. The molecule has 1 aromatic rings. The van der Waals surface area contributed by atoms with Crippen molar-refractivity contribution in [1.82, 2.24) is 9.55 Å². The van der Waals surface area contributed by atoms with E-state index in [2.05, 4.69) is 21.8 Å². The standard InChI is InChI=1S/C12H25N3O3Si/c1-6-15-11(2)14-10-12(15)13-8-7-9-19(16-3,17-4)18-5/h10,13H,6-9H2,1-5H3. The van der Waals surface area contributed by atoms with Crippen molar-refractivity contribution in [2.75, 3.05) is 33.2 Å². The highest BCUT2D eigenvalue weighted by molar-refractivity contribution is 6.60. The van der Waals surface area contributed by atoms with E-state index in [9.17, 15) is 0 Å². The van der Waals surface area contributed by atoms with Crippen LogP contribution in [0.15, 0.2) is 6.20 Å². The fourth-order valence-electron chi connectivity index (χ4n) is 2.09. The largest absolute Gasteiger partial charge is 0.500 e. The Bertz CT molecular complexity index is 372. The molecular weight excluding hydrogens is 262 g/mol. The molecule has 0 fully saturated rings. The van der Waals surface area contributed by atoms with Gasteiger partial charge in [0.25, 0.3) is 0 Å². The van der Waals surface area contributed by atoms with Crippen LogP contribution in [0.4, 0.5) is 5.82 Å². The van der Waals surface area contributed by atoms with Gasteiger partial charge in [-0.1, -0.05) is 0 Å². The summed E-state index contributed by atoms with van der Waals surface area (Å²) < 4.78 is 18.3. The molecule has 0 aliphatic rings. The summed E-state index contributed by atoms with van der Waals surface area (Å²) in [4.78, 5) is 4.30. The molecule has 19 heavy (non-hydrogen) atoms. The number of imidazole rings is 1. The van der Waals surface area contributed by atoms with Crippen molar-refractivity contribution in [1.29, 1.82) is 0 Å². The molecule has 0 spiro atoms. The van der Waals surface area contributed by atoms with Crippen LogP contribution in [0, 0.1) is 6.92 Å². The van der Waals surface area contributed by atoms with E-state index in [0.29, 0.717) is 0 Å². The van der Waals surface area contributed by atoms with Crippen molar-refractivity contribution in [3.05, 3.63) is 12.0 Å². The third kappa shape index (κ3) is 4.03. The minimum Gasteiger partial charge on any atom is -0.377 e. The summed E-state index contributed by atoms with van der Waals surface area (Å²) in [7, 11) is 2.49. The molecule has 0 aliphatic heterocycles. The van der Waals surface area contributed by atoms with Gasteiger partial charge in [-0.05, 0) is 20.3 Å². The lowest BCUT2D eigenvalue weighted by Gasteiger charge is -2.24. The fourth-order valence-corrected chi connectivity index (χ4v) is 3.81. The summed E-state index contributed by atoms with van der Waals surface area (Å²) >= 11 is 0. The number of nitrogens with zero attached hydrogens (tertiary/aromatic N) is 2. The van der Waals surface area contributed by atoms with E-state index in [1.54, 1.807) is 21.3 Å². The number of nitrogens with one attached hydrogen (secondary N) is 1. The third-order valence-electron chi connectivity index (χ3n) is 3.27. The van der Waals surface area contributed by atoms with Gasteiger partial charge < -0.3 is 23.2 Å². The molecule has 1 heterocycles. The van der Waals surface area contributed by atoms with E-state index in [0.717, 1.165) is 37.2 Å². The zero-order chi connectivity index (χ0) is 14.3. The Morgan fingerprint density at radius 1 is 1.26 bits per heavy atom. The first kappa shape index (κ1) is 16.2. The van der Waals surface area contributed by atoms with E-state index >= 15 is 0 Å². The monoisotopic (exact) mass is 287 g/mol. The van der Waals surface area contributed by atoms with Crippen molar-refractivity contribution in [2.24, 2.45) is 0 Å². The molecule has 0 atom stereocenters. The minimum absolute atomic E-state index is 0.794. The molecule has 0 saturated carbocycles. The molecule has 1 aromatic heterocycles. The molecule has 1 rings (SSSR count). The highest BCUT2D eigenvalue weighted by Crippen LogP contribution is 2.16. The van der Waals surface area contributed by atoms with E-state index < -0.39 is 8.80 Å². The average molecular weight is 287 g/mol. The van der Waals surface area contributed by atoms with Crippen LogP contribution in [0.3, 0.4) is 0 Å². The van der Waals surface area contributed by atoms with Gasteiger partial charge in [0.2, 0.25) is 0 Å². The van der Waals surface area contributed by atoms with Crippen LogP contribution in [0.2, 0.25) is 6.04 Å². The Labute approximate surface area is 116 Å². The SMILES string of the molecule is CCn1c(NCCC[Si](OC)(OC)OC)cnc1C. The molecule has 0 amide bonds. The Morgan fingerprint density at radius 3 is 2.42 bits per heavy atom. The first-order valence-corrected chi connectivity index (χ1v) is 8.47. The summed E-state index contributed by atoms with van der Waals surface area (Å²) in [5.74, 6) is 2.08. The van der Waals surface area contributed by atoms with Crippen LogP contribution < -0.4 is 5.32 Å². The molecule has 0 aliphatic carbocycles. The van der Waals surface area contributed by atoms with Gasteiger partial charge in [-0.25, -0.2) is 4.98 Å². The lowest BCUT2D eigenvalue weighted by Crippen LogP contribution is -2.42. The molecule has 1 N–H and O–H groups in total. The minimum atomic E-state index is -2.43. The Balaban J connectivity index is 2.42. The molecule has 0 bridgehead atoms. The van der Waals surface area contributed by atoms with E-state index in [4.69, 9.17) is 13.3 Å².